The van der Waals surface area contributed by atoms with E-state index in [1.807, 2.05) is 0 Å². The Kier molecular flexibility index (Phi) is 2.25. The van der Waals surface area contributed by atoms with Gasteiger partial charge in [-0.05, 0) is 56.8 Å². The van der Waals surface area contributed by atoms with E-state index in [0.717, 1.165) is 25.7 Å². The van der Waals surface area contributed by atoms with Crippen LogP contribution >= 0.6 is 0 Å². The number of carboxylic acids is 2. The molecule has 110 valence electrons. The molecule has 1 aliphatic heterocycles. The lowest BCUT2D eigenvalue weighted by atomic mass is 9.59. The fraction of sp³-hybridized carbons (Fsp3) is 0.867. The van der Waals surface area contributed by atoms with Crippen molar-refractivity contribution in [3.63, 3.8) is 0 Å². The van der Waals surface area contributed by atoms with Gasteiger partial charge in [0.05, 0.1) is 5.60 Å². The summed E-state index contributed by atoms with van der Waals surface area (Å²) in [4.78, 5) is 23.9. The predicted molar refractivity (Wildman–Crippen MR) is 68.2 cm³/mol. The molecule has 0 unspecified atom stereocenters. The Balaban J connectivity index is 1.88. The van der Waals surface area contributed by atoms with E-state index in [1.165, 1.54) is 0 Å². The third kappa shape index (κ3) is 1.27. The van der Waals surface area contributed by atoms with Gasteiger partial charge < -0.3 is 14.9 Å². The van der Waals surface area contributed by atoms with Gasteiger partial charge in [-0.25, -0.2) is 4.79 Å². The van der Waals surface area contributed by atoms with E-state index in [0.29, 0.717) is 19.3 Å². The zero-order valence-electron chi connectivity index (χ0n) is 11.4. The lowest BCUT2D eigenvalue weighted by Gasteiger charge is -2.42. The zero-order valence-corrected chi connectivity index (χ0v) is 11.4. The molecule has 1 heterocycles. The van der Waals surface area contributed by atoms with Crippen molar-refractivity contribution in [3.8, 4) is 0 Å². The third-order valence-electron chi connectivity index (χ3n) is 6.05. The maximum atomic E-state index is 12.1. The minimum Gasteiger partial charge on any atom is -0.481 e. The topological polar surface area (TPSA) is 83.8 Å². The van der Waals surface area contributed by atoms with Crippen molar-refractivity contribution in [1.82, 2.24) is 0 Å². The number of fused-ring (bicyclic) bond motifs is 2. The van der Waals surface area contributed by atoms with Crippen LogP contribution in [0.5, 0.6) is 0 Å². The first-order valence-corrected chi connectivity index (χ1v) is 7.64. The molecule has 0 aromatic heterocycles. The molecule has 0 amide bonds. The number of hydrogen-bond acceptors (Lipinski definition) is 3. The quantitative estimate of drug-likeness (QED) is 0.823. The van der Waals surface area contributed by atoms with Gasteiger partial charge in [0.2, 0.25) is 0 Å². The molecule has 5 heteroatoms. The standard InChI is InChI=1S/C15H20O5/c16-11(17)13-6-1-7-14(8-13,12(18)19)20-15(13,9-2-3-9)10-4-5-10/h9-10H,1-8H2,(H,16,17)(H,18,19)/t13-,14+/m0/s1. The van der Waals surface area contributed by atoms with Crippen molar-refractivity contribution in [3.05, 3.63) is 0 Å². The van der Waals surface area contributed by atoms with Crippen LogP contribution in [0.2, 0.25) is 0 Å². The molecule has 3 aliphatic carbocycles. The highest BCUT2D eigenvalue weighted by Crippen LogP contribution is 2.71. The van der Waals surface area contributed by atoms with Crippen LogP contribution in [-0.2, 0) is 14.3 Å². The summed E-state index contributed by atoms with van der Waals surface area (Å²) >= 11 is 0. The second-order valence-corrected chi connectivity index (χ2v) is 7.16. The Hall–Kier alpha value is -1.10. The average molecular weight is 280 g/mol. The smallest absolute Gasteiger partial charge is 0.336 e. The van der Waals surface area contributed by atoms with Crippen molar-refractivity contribution < 1.29 is 24.5 Å². The average Bonchev–Trinajstić information content (AvgIpc) is 3.27. The molecular formula is C15H20O5. The molecule has 0 aromatic carbocycles. The van der Waals surface area contributed by atoms with Crippen LogP contribution in [0.25, 0.3) is 0 Å². The van der Waals surface area contributed by atoms with Gasteiger partial charge in [-0.15, -0.1) is 0 Å². The van der Waals surface area contributed by atoms with Gasteiger partial charge in [0, 0.05) is 6.42 Å². The number of ether oxygens (including phenoxy) is 1. The van der Waals surface area contributed by atoms with E-state index < -0.39 is 28.6 Å². The molecular weight excluding hydrogens is 260 g/mol. The molecule has 3 saturated carbocycles. The number of aliphatic carboxylic acids is 2. The Morgan fingerprint density at radius 3 is 2.00 bits per heavy atom. The monoisotopic (exact) mass is 280 g/mol. The summed E-state index contributed by atoms with van der Waals surface area (Å²) in [5.41, 5.74) is -2.92. The Morgan fingerprint density at radius 1 is 0.950 bits per heavy atom. The molecule has 2 bridgehead atoms. The summed E-state index contributed by atoms with van der Waals surface area (Å²) < 4.78 is 6.25. The molecule has 2 atom stereocenters. The third-order valence-corrected chi connectivity index (χ3v) is 6.05. The van der Waals surface area contributed by atoms with Crippen molar-refractivity contribution in [2.45, 2.75) is 62.6 Å². The Bertz CT molecular complexity index is 480. The van der Waals surface area contributed by atoms with Gasteiger partial charge >= 0.3 is 11.9 Å². The maximum absolute atomic E-state index is 12.1. The molecule has 1 saturated heterocycles. The molecule has 0 radical (unpaired) electrons. The second-order valence-electron chi connectivity index (χ2n) is 7.16. The van der Waals surface area contributed by atoms with Crippen LogP contribution < -0.4 is 0 Å². The Labute approximate surface area is 117 Å². The van der Waals surface area contributed by atoms with Crippen molar-refractivity contribution in [1.29, 1.82) is 0 Å². The van der Waals surface area contributed by atoms with Gasteiger partial charge in [0.15, 0.2) is 5.60 Å². The predicted octanol–water partition coefficient (Wildman–Crippen LogP) is 2.04. The van der Waals surface area contributed by atoms with Gasteiger partial charge in [-0.1, -0.05) is 0 Å². The highest BCUT2D eigenvalue weighted by Gasteiger charge is 2.78. The van der Waals surface area contributed by atoms with Crippen molar-refractivity contribution in [2.24, 2.45) is 17.3 Å². The highest BCUT2D eigenvalue weighted by molar-refractivity contribution is 5.84. The minimum absolute atomic E-state index is 0.164. The van der Waals surface area contributed by atoms with E-state index in [9.17, 15) is 19.8 Å². The number of rotatable bonds is 4. The molecule has 4 fully saturated rings. The van der Waals surface area contributed by atoms with E-state index in [1.54, 1.807) is 0 Å². The summed E-state index contributed by atoms with van der Waals surface area (Å²) in [6.45, 7) is 0. The van der Waals surface area contributed by atoms with Crippen LogP contribution in [0.3, 0.4) is 0 Å². The van der Waals surface area contributed by atoms with Crippen molar-refractivity contribution in [2.75, 3.05) is 0 Å². The molecule has 0 spiro atoms. The van der Waals surface area contributed by atoms with E-state index >= 15 is 0 Å². The summed E-state index contributed by atoms with van der Waals surface area (Å²) in [5, 5.41) is 19.6. The van der Waals surface area contributed by atoms with Crippen molar-refractivity contribution >= 4 is 11.9 Å². The first kappa shape index (κ1) is 12.6. The van der Waals surface area contributed by atoms with Crippen LogP contribution in [-0.4, -0.2) is 33.4 Å². The second kappa shape index (κ2) is 3.56. The molecule has 2 N–H and O–H groups in total. The minimum atomic E-state index is -1.25. The summed E-state index contributed by atoms with van der Waals surface area (Å²) in [6.07, 6.45) is 5.78. The normalized spacial score (nSPS) is 42.4. The summed E-state index contributed by atoms with van der Waals surface area (Å²) in [5.74, 6) is -1.29. The number of carbonyl (C=O) groups is 2. The fourth-order valence-corrected chi connectivity index (χ4v) is 5.06. The first-order valence-electron chi connectivity index (χ1n) is 7.64. The fourth-order valence-electron chi connectivity index (χ4n) is 5.06. The van der Waals surface area contributed by atoms with Crippen LogP contribution in [0.1, 0.15) is 51.4 Å². The molecule has 0 aromatic rings. The van der Waals surface area contributed by atoms with Gasteiger partial charge in [-0.3, -0.25) is 4.79 Å². The largest absolute Gasteiger partial charge is 0.481 e. The van der Waals surface area contributed by atoms with Gasteiger partial charge in [-0.2, -0.15) is 0 Å². The summed E-state index contributed by atoms with van der Waals surface area (Å²) in [6, 6.07) is 0. The van der Waals surface area contributed by atoms with Gasteiger partial charge in [0.25, 0.3) is 0 Å². The molecule has 20 heavy (non-hydrogen) atoms. The number of hydrogen-bond donors (Lipinski definition) is 2. The number of carboxylic acid groups (broad SMARTS) is 2. The zero-order chi connectivity index (χ0) is 14.2. The highest BCUT2D eigenvalue weighted by atomic mass is 16.6. The van der Waals surface area contributed by atoms with E-state index in [2.05, 4.69) is 0 Å². The van der Waals surface area contributed by atoms with Crippen LogP contribution in [0.15, 0.2) is 0 Å². The SMILES string of the molecule is O=C(O)[C@@]12CCC[C@@](C(=O)O)(C1)C(C1CC1)(C1CC1)O2. The molecule has 5 nitrogen and oxygen atoms in total. The first-order chi connectivity index (χ1) is 9.47. The lowest BCUT2D eigenvalue weighted by Crippen LogP contribution is -2.53. The molecule has 4 rings (SSSR count). The molecule has 4 aliphatic rings. The van der Waals surface area contributed by atoms with Gasteiger partial charge in [0.1, 0.15) is 5.41 Å². The lowest BCUT2D eigenvalue weighted by molar-refractivity contribution is -0.189. The van der Waals surface area contributed by atoms with E-state index in [4.69, 9.17) is 4.74 Å². The van der Waals surface area contributed by atoms with E-state index in [-0.39, 0.29) is 18.3 Å². The Morgan fingerprint density at radius 2 is 1.55 bits per heavy atom. The maximum Gasteiger partial charge on any atom is 0.336 e. The van der Waals surface area contributed by atoms with Crippen LogP contribution in [0.4, 0.5) is 0 Å². The van der Waals surface area contributed by atoms with Crippen LogP contribution in [0, 0.1) is 17.3 Å². The summed E-state index contributed by atoms with van der Waals surface area (Å²) in [7, 11) is 0.